The third kappa shape index (κ3) is 8.25. The summed E-state index contributed by atoms with van der Waals surface area (Å²) in [6, 6.07) is 9.20. The van der Waals surface area contributed by atoms with E-state index in [1.54, 1.807) is 23.5 Å². The van der Waals surface area contributed by atoms with E-state index in [9.17, 15) is 4.79 Å². The molecule has 0 fully saturated rings. The van der Waals surface area contributed by atoms with Gasteiger partial charge in [0.25, 0.3) is 5.91 Å². The van der Waals surface area contributed by atoms with E-state index in [2.05, 4.69) is 45.2 Å². The number of nitrogens with one attached hydrogen (secondary N) is 3. The minimum Gasteiger partial charge on any atom is -0.357 e. The molecule has 1 aromatic carbocycles. The third-order valence-corrected chi connectivity index (χ3v) is 4.47. The lowest BCUT2D eigenvalue weighted by Gasteiger charge is -2.11. The van der Waals surface area contributed by atoms with E-state index in [-0.39, 0.29) is 29.9 Å². The number of nitrogens with zero attached hydrogens (tertiary/aromatic N) is 2. The summed E-state index contributed by atoms with van der Waals surface area (Å²) in [5, 5.41) is 12.4. The lowest BCUT2D eigenvalue weighted by atomic mass is 10.2. The molecule has 2 aromatic rings. The van der Waals surface area contributed by atoms with Crippen LogP contribution in [0.25, 0.3) is 0 Å². The molecule has 0 aliphatic rings. The summed E-state index contributed by atoms with van der Waals surface area (Å²) < 4.78 is 0. The maximum atomic E-state index is 12.0. The second kappa shape index (κ2) is 12.7. The Bertz CT molecular complexity index is 718. The quantitative estimate of drug-likeness (QED) is 0.224. The molecule has 0 unspecified atom stereocenters. The molecular formula is C19H28IN5OS. The van der Waals surface area contributed by atoms with E-state index in [0.717, 1.165) is 23.2 Å². The Kier molecular flexibility index (Phi) is 11.0. The Morgan fingerprint density at radius 1 is 1.15 bits per heavy atom. The number of aliphatic imine (C=N–C) groups is 1. The first-order valence-electron chi connectivity index (χ1n) is 8.90. The molecule has 0 spiro atoms. The third-order valence-electron chi connectivity index (χ3n) is 3.62. The molecule has 148 valence electrons. The number of benzene rings is 1. The number of hydrogen-bond acceptors (Lipinski definition) is 4. The van der Waals surface area contributed by atoms with Gasteiger partial charge in [0, 0.05) is 30.6 Å². The zero-order valence-corrected chi connectivity index (χ0v) is 19.1. The number of amides is 1. The van der Waals surface area contributed by atoms with Crippen molar-refractivity contribution < 1.29 is 4.79 Å². The van der Waals surface area contributed by atoms with Gasteiger partial charge in [-0.25, -0.2) is 9.98 Å². The molecule has 0 aliphatic carbocycles. The predicted molar refractivity (Wildman–Crippen MR) is 123 cm³/mol. The van der Waals surface area contributed by atoms with Gasteiger partial charge in [0.1, 0.15) is 5.01 Å². The number of rotatable bonds is 8. The van der Waals surface area contributed by atoms with Crippen LogP contribution < -0.4 is 16.0 Å². The fourth-order valence-corrected chi connectivity index (χ4v) is 3.08. The number of guanidine groups is 1. The van der Waals surface area contributed by atoms with Crippen molar-refractivity contribution >= 4 is 47.2 Å². The highest BCUT2D eigenvalue weighted by Crippen LogP contribution is 2.18. The molecule has 1 amide bonds. The number of hydrogen-bond donors (Lipinski definition) is 3. The SMILES string of the molecule is CCNC(=NCc1nc(C(C)C)cs1)NCCNC(=O)c1ccccc1.I. The molecule has 0 radical (unpaired) electrons. The topological polar surface area (TPSA) is 78.4 Å². The lowest BCUT2D eigenvalue weighted by Crippen LogP contribution is -2.41. The Labute approximate surface area is 182 Å². The van der Waals surface area contributed by atoms with E-state index in [0.29, 0.717) is 31.1 Å². The lowest BCUT2D eigenvalue weighted by molar-refractivity contribution is 0.0954. The highest BCUT2D eigenvalue weighted by atomic mass is 127. The van der Waals surface area contributed by atoms with Crippen LogP contribution in [0.2, 0.25) is 0 Å². The van der Waals surface area contributed by atoms with Gasteiger partial charge >= 0.3 is 0 Å². The average Bonchev–Trinajstić information content (AvgIpc) is 3.13. The molecule has 6 nitrogen and oxygen atoms in total. The summed E-state index contributed by atoms with van der Waals surface area (Å²) in [6.45, 7) is 8.73. The Morgan fingerprint density at radius 3 is 2.48 bits per heavy atom. The van der Waals surface area contributed by atoms with Crippen LogP contribution in [0.5, 0.6) is 0 Å². The van der Waals surface area contributed by atoms with Crippen LogP contribution >= 0.6 is 35.3 Å². The van der Waals surface area contributed by atoms with Gasteiger partial charge < -0.3 is 16.0 Å². The van der Waals surface area contributed by atoms with Crippen LogP contribution in [0, 0.1) is 0 Å². The van der Waals surface area contributed by atoms with Crippen molar-refractivity contribution in [2.45, 2.75) is 33.2 Å². The number of carbonyl (C=O) groups excluding carboxylic acids is 1. The van der Waals surface area contributed by atoms with Crippen molar-refractivity contribution in [3.63, 3.8) is 0 Å². The van der Waals surface area contributed by atoms with Gasteiger partial charge in [0.15, 0.2) is 5.96 Å². The van der Waals surface area contributed by atoms with Crippen molar-refractivity contribution in [2.24, 2.45) is 4.99 Å². The predicted octanol–water partition coefficient (Wildman–Crippen LogP) is 3.37. The average molecular weight is 501 g/mol. The molecule has 0 bridgehead atoms. The van der Waals surface area contributed by atoms with Gasteiger partial charge in [-0.2, -0.15) is 0 Å². The van der Waals surface area contributed by atoms with Crippen LogP contribution in [-0.4, -0.2) is 36.5 Å². The fraction of sp³-hybridized carbons (Fsp3) is 0.421. The molecule has 3 N–H and O–H groups in total. The standard InChI is InChI=1S/C19H27N5OS.HI/c1-4-20-19(23-12-17-24-16(13-26-17)14(2)3)22-11-10-21-18(25)15-8-6-5-7-9-15;/h5-9,13-14H,4,10-12H2,1-3H3,(H,21,25)(H2,20,22,23);1H. The zero-order chi connectivity index (χ0) is 18.8. The van der Waals surface area contributed by atoms with Gasteiger partial charge in [-0.15, -0.1) is 35.3 Å². The minimum atomic E-state index is -0.0710. The van der Waals surface area contributed by atoms with Crippen LogP contribution in [0.4, 0.5) is 0 Å². The summed E-state index contributed by atoms with van der Waals surface area (Å²) in [7, 11) is 0. The molecule has 0 aliphatic heterocycles. The van der Waals surface area contributed by atoms with Crippen molar-refractivity contribution in [3.05, 3.63) is 52.0 Å². The van der Waals surface area contributed by atoms with Crippen molar-refractivity contribution in [1.82, 2.24) is 20.9 Å². The van der Waals surface area contributed by atoms with Crippen molar-refractivity contribution in [2.75, 3.05) is 19.6 Å². The maximum Gasteiger partial charge on any atom is 0.251 e. The van der Waals surface area contributed by atoms with Gasteiger partial charge in [-0.1, -0.05) is 32.0 Å². The first-order valence-corrected chi connectivity index (χ1v) is 9.77. The first kappa shape index (κ1) is 23.4. The normalized spacial score (nSPS) is 11.0. The summed E-state index contributed by atoms with van der Waals surface area (Å²) in [6.07, 6.45) is 0. The highest BCUT2D eigenvalue weighted by molar-refractivity contribution is 14.0. The molecule has 1 aromatic heterocycles. The Balaban J connectivity index is 0.00000364. The monoisotopic (exact) mass is 501 g/mol. The van der Waals surface area contributed by atoms with E-state index in [1.807, 2.05) is 25.1 Å². The highest BCUT2D eigenvalue weighted by Gasteiger charge is 2.06. The Hall–Kier alpha value is -1.68. The molecule has 0 saturated carbocycles. The molecule has 2 rings (SSSR count). The second-order valence-corrected chi connectivity index (χ2v) is 7.01. The molecule has 1 heterocycles. The van der Waals surface area contributed by atoms with Crippen molar-refractivity contribution in [1.29, 1.82) is 0 Å². The van der Waals surface area contributed by atoms with Gasteiger partial charge in [0.05, 0.1) is 12.2 Å². The molecular weight excluding hydrogens is 473 g/mol. The number of thiazole rings is 1. The second-order valence-electron chi connectivity index (χ2n) is 6.06. The summed E-state index contributed by atoms with van der Waals surface area (Å²) in [5.41, 5.74) is 1.78. The molecule has 8 heteroatoms. The maximum absolute atomic E-state index is 12.0. The summed E-state index contributed by atoms with van der Waals surface area (Å²) in [4.78, 5) is 21.1. The van der Waals surface area contributed by atoms with E-state index >= 15 is 0 Å². The largest absolute Gasteiger partial charge is 0.357 e. The van der Waals surface area contributed by atoms with E-state index in [4.69, 9.17) is 0 Å². The van der Waals surface area contributed by atoms with Crippen LogP contribution in [-0.2, 0) is 6.54 Å². The van der Waals surface area contributed by atoms with E-state index in [1.165, 1.54) is 0 Å². The number of aromatic nitrogens is 1. The fourth-order valence-electron chi connectivity index (χ4n) is 2.20. The summed E-state index contributed by atoms with van der Waals surface area (Å²) >= 11 is 1.64. The van der Waals surface area contributed by atoms with Crippen LogP contribution in [0.15, 0.2) is 40.7 Å². The van der Waals surface area contributed by atoms with Crippen LogP contribution in [0.3, 0.4) is 0 Å². The van der Waals surface area contributed by atoms with Gasteiger partial charge in [-0.05, 0) is 25.0 Å². The number of carbonyl (C=O) groups is 1. The van der Waals surface area contributed by atoms with Gasteiger partial charge in [-0.3, -0.25) is 4.79 Å². The Morgan fingerprint density at radius 2 is 1.85 bits per heavy atom. The van der Waals surface area contributed by atoms with Crippen molar-refractivity contribution in [3.8, 4) is 0 Å². The first-order chi connectivity index (χ1) is 12.6. The molecule has 27 heavy (non-hydrogen) atoms. The minimum absolute atomic E-state index is 0. The molecule has 0 saturated heterocycles. The molecule has 0 atom stereocenters. The zero-order valence-electron chi connectivity index (χ0n) is 16.0. The van der Waals surface area contributed by atoms with Gasteiger partial charge in [0.2, 0.25) is 0 Å². The van der Waals surface area contributed by atoms with Crippen LogP contribution in [0.1, 0.15) is 47.7 Å². The smallest absolute Gasteiger partial charge is 0.251 e. The number of halogens is 1. The summed E-state index contributed by atoms with van der Waals surface area (Å²) in [5.74, 6) is 1.09. The van der Waals surface area contributed by atoms with E-state index < -0.39 is 0 Å².